The Morgan fingerprint density at radius 2 is 0.649 bits per heavy atom. The van der Waals surface area contributed by atoms with Crippen LogP contribution in [0, 0.1) is 47.3 Å². The molecule has 8 aliphatic rings. The Labute approximate surface area is 345 Å². The lowest BCUT2D eigenvalue weighted by molar-refractivity contribution is -0.144. The molecule has 2 aliphatic heterocycles. The Morgan fingerprint density at radius 3 is 0.947 bits per heavy atom. The Hall–Kier alpha value is -1.80. The van der Waals surface area contributed by atoms with Crippen LogP contribution < -0.4 is 10.6 Å². The van der Waals surface area contributed by atoms with Crippen LogP contribution in [0.5, 0.6) is 0 Å². The molecule has 2 heterocycles. The van der Waals surface area contributed by atoms with Crippen molar-refractivity contribution in [2.45, 2.75) is 236 Å². The first-order valence-corrected chi connectivity index (χ1v) is 24.9. The summed E-state index contributed by atoms with van der Waals surface area (Å²) in [5.74, 6) is 6.85. The zero-order chi connectivity index (χ0) is 39.5. The summed E-state index contributed by atoms with van der Waals surface area (Å²) in [6.07, 6.45) is 33.7. The second kappa shape index (κ2) is 19.3. The molecule has 2 atom stereocenters. The second-order valence-electron chi connectivity index (χ2n) is 21.8. The molecule has 0 radical (unpaired) electrons. The predicted octanol–water partition coefficient (Wildman–Crippen LogP) is 9.48. The summed E-state index contributed by atoms with van der Waals surface area (Å²) < 4.78 is 0. The Balaban J connectivity index is 0.696. The maximum Gasteiger partial charge on any atom is 0.247 e. The molecule has 57 heavy (non-hydrogen) atoms. The normalized spacial score (nSPS) is 42.6. The molecule has 2 saturated heterocycles. The van der Waals surface area contributed by atoms with E-state index in [1.807, 2.05) is 0 Å². The van der Waals surface area contributed by atoms with Gasteiger partial charge in [-0.25, -0.2) is 0 Å². The number of hydrogen-bond acceptors (Lipinski definition) is 6. The Morgan fingerprint density at radius 1 is 0.386 bits per heavy atom. The van der Waals surface area contributed by atoms with Crippen LogP contribution in [0.3, 0.4) is 0 Å². The molecule has 8 heteroatoms. The van der Waals surface area contributed by atoms with Crippen molar-refractivity contribution in [3.8, 4) is 0 Å². The summed E-state index contributed by atoms with van der Waals surface area (Å²) in [5.41, 5.74) is 0. The summed E-state index contributed by atoms with van der Waals surface area (Å²) in [6, 6.07) is 0.255. The van der Waals surface area contributed by atoms with E-state index in [4.69, 9.17) is 0 Å². The monoisotopic (exact) mass is 789 g/mol. The van der Waals surface area contributed by atoms with Gasteiger partial charge in [0.15, 0.2) is 0 Å². The van der Waals surface area contributed by atoms with Gasteiger partial charge in [0, 0.05) is 24.2 Å². The van der Waals surface area contributed by atoms with Crippen LogP contribution in [0.2, 0.25) is 0 Å². The lowest BCUT2D eigenvalue weighted by Gasteiger charge is -2.37. The van der Waals surface area contributed by atoms with Crippen LogP contribution in [-0.4, -0.2) is 69.7 Å². The zero-order valence-corrected chi connectivity index (χ0v) is 36.1. The van der Waals surface area contributed by atoms with Gasteiger partial charge in [0.25, 0.3) is 0 Å². The Kier molecular flexibility index (Phi) is 14.2. The quantitative estimate of drug-likeness (QED) is 0.191. The van der Waals surface area contributed by atoms with Gasteiger partial charge in [-0.3, -0.25) is 29.0 Å². The molecular formula is C49H80N4O4. The molecule has 8 nitrogen and oxygen atoms in total. The summed E-state index contributed by atoms with van der Waals surface area (Å²) in [4.78, 5) is 56.9. The highest BCUT2D eigenvalue weighted by molar-refractivity contribution is 6.06. The summed E-state index contributed by atoms with van der Waals surface area (Å²) in [7, 11) is 0. The molecule has 8 fully saturated rings. The van der Waals surface area contributed by atoms with E-state index in [1.54, 1.807) is 9.80 Å². The zero-order valence-electron chi connectivity index (χ0n) is 36.1. The summed E-state index contributed by atoms with van der Waals surface area (Å²) >= 11 is 0. The van der Waals surface area contributed by atoms with Crippen molar-refractivity contribution in [2.75, 3.05) is 0 Å². The van der Waals surface area contributed by atoms with E-state index in [-0.39, 0.29) is 47.8 Å². The second-order valence-corrected chi connectivity index (χ2v) is 21.8. The number of nitrogens with zero attached hydrogens (tertiary/aromatic N) is 2. The van der Waals surface area contributed by atoms with Crippen LogP contribution in [0.15, 0.2) is 0 Å². The van der Waals surface area contributed by atoms with Gasteiger partial charge in [0.2, 0.25) is 23.6 Å². The van der Waals surface area contributed by atoms with Crippen molar-refractivity contribution in [3.63, 3.8) is 0 Å². The van der Waals surface area contributed by atoms with Crippen molar-refractivity contribution >= 4 is 23.6 Å². The number of hydrogen-bond donors (Lipinski definition) is 2. The van der Waals surface area contributed by atoms with Gasteiger partial charge in [-0.05, 0) is 169 Å². The highest BCUT2D eigenvalue weighted by Crippen LogP contribution is 2.41. The molecule has 0 aromatic heterocycles. The molecule has 6 saturated carbocycles. The van der Waals surface area contributed by atoms with E-state index in [9.17, 15) is 19.2 Å². The number of amides is 4. The van der Waals surface area contributed by atoms with Gasteiger partial charge in [0.05, 0.1) is 24.9 Å². The van der Waals surface area contributed by atoms with Crippen LogP contribution >= 0.6 is 0 Å². The van der Waals surface area contributed by atoms with Crippen LogP contribution in [0.1, 0.15) is 200 Å². The maximum atomic E-state index is 13.6. The first kappa shape index (κ1) is 41.9. The SMILES string of the molecule is CC1CCC(CC2CCC(N3C(=O)CC(NC4CCC(CC5CCC(NC6CC(=O)N(C7CCC(CC8CCC(C)CC8)CC7)C6=O)CC5)CC4)C3=O)CC2)CC1. The van der Waals surface area contributed by atoms with Gasteiger partial charge in [-0.1, -0.05) is 65.2 Å². The number of likely N-dealkylation sites (tertiary alicyclic amines) is 2. The Bertz CT molecular complexity index is 1250. The van der Waals surface area contributed by atoms with E-state index in [1.165, 1.54) is 122 Å². The highest BCUT2D eigenvalue weighted by atomic mass is 16.2. The van der Waals surface area contributed by atoms with Crippen molar-refractivity contribution in [3.05, 3.63) is 0 Å². The molecular weight excluding hydrogens is 709 g/mol. The molecule has 4 amide bonds. The maximum absolute atomic E-state index is 13.6. The molecule has 0 bridgehead atoms. The summed E-state index contributed by atoms with van der Waals surface area (Å²) in [6.45, 7) is 4.79. The fourth-order valence-electron chi connectivity index (χ4n) is 13.8. The van der Waals surface area contributed by atoms with Crippen molar-refractivity contribution in [1.29, 1.82) is 0 Å². The predicted molar refractivity (Wildman–Crippen MR) is 226 cm³/mol. The minimum atomic E-state index is -0.326. The molecule has 320 valence electrons. The standard InChI is InChI=1S/C49H80N4O4/c1-32-3-7-34(8-4-32)27-38-15-23-42(24-16-38)52-46(54)30-44(48(52)56)50-40-19-11-36(12-20-40)29-37-13-21-41(22-14-37)51-45-31-47(55)53(49(45)57)43-25-17-39(18-26-43)28-35-9-5-33(2)6-10-35/h32-45,50-51H,3-31H2,1-2H3. The average molecular weight is 789 g/mol. The lowest BCUT2D eigenvalue weighted by Crippen LogP contribution is -2.48. The van der Waals surface area contributed by atoms with Gasteiger partial charge >= 0.3 is 0 Å². The lowest BCUT2D eigenvalue weighted by atomic mass is 9.74. The fraction of sp³-hybridized carbons (Fsp3) is 0.918. The van der Waals surface area contributed by atoms with E-state index < -0.39 is 0 Å². The largest absolute Gasteiger partial charge is 0.303 e. The van der Waals surface area contributed by atoms with Gasteiger partial charge in [0.1, 0.15) is 0 Å². The minimum Gasteiger partial charge on any atom is -0.303 e. The molecule has 0 aromatic carbocycles. The first-order valence-electron chi connectivity index (χ1n) is 24.9. The van der Waals surface area contributed by atoms with Crippen LogP contribution in [0.4, 0.5) is 0 Å². The van der Waals surface area contributed by atoms with E-state index in [2.05, 4.69) is 24.5 Å². The van der Waals surface area contributed by atoms with Gasteiger partial charge < -0.3 is 10.6 Å². The van der Waals surface area contributed by atoms with E-state index in [0.717, 1.165) is 98.7 Å². The number of carbonyl (C=O) groups is 4. The number of carbonyl (C=O) groups excluding carboxylic acids is 4. The molecule has 0 spiro atoms. The summed E-state index contributed by atoms with van der Waals surface area (Å²) in [5, 5.41) is 7.34. The third-order valence-corrected chi connectivity index (χ3v) is 17.6. The average Bonchev–Trinajstić information content (AvgIpc) is 3.66. The third-order valence-electron chi connectivity index (χ3n) is 17.6. The third kappa shape index (κ3) is 10.6. The van der Waals surface area contributed by atoms with Crippen LogP contribution in [0.25, 0.3) is 0 Å². The molecule has 2 N–H and O–H groups in total. The minimum absolute atomic E-state index is 0.0514. The number of rotatable bonds is 12. The van der Waals surface area contributed by atoms with Gasteiger partial charge in [-0.2, -0.15) is 0 Å². The van der Waals surface area contributed by atoms with Crippen molar-refractivity contribution < 1.29 is 19.2 Å². The van der Waals surface area contributed by atoms with Crippen LogP contribution in [-0.2, 0) is 19.2 Å². The number of nitrogens with one attached hydrogen (secondary N) is 2. The van der Waals surface area contributed by atoms with Crippen molar-refractivity contribution in [1.82, 2.24) is 20.4 Å². The molecule has 8 rings (SSSR count). The number of imide groups is 2. The molecule has 0 aromatic rings. The van der Waals surface area contributed by atoms with Crippen molar-refractivity contribution in [2.24, 2.45) is 47.3 Å². The van der Waals surface area contributed by atoms with Gasteiger partial charge in [-0.15, -0.1) is 0 Å². The smallest absolute Gasteiger partial charge is 0.247 e. The topological polar surface area (TPSA) is 98.8 Å². The first-order chi connectivity index (χ1) is 27.6. The van der Waals surface area contributed by atoms with E-state index >= 15 is 0 Å². The molecule has 2 unspecified atom stereocenters. The fourth-order valence-corrected chi connectivity index (χ4v) is 13.8. The highest BCUT2D eigenvalue weighted by Gasteiger charge is 2.46. The molecule has 6 aliphatic carbocycles. The van der Waals surface area contributed by atoms with E-state index in [0.29, 0.717) is 24.9 Å².